The molecule has 0 heterocycles. The summed E-state index contributed by atoms with van der Waals surface area (Å²) in [6, 6.07) is 5.55. The number of nitrogens with zero attached hydrogens (tertiary/aromatic N) is 2. The molecule has 116 valence electrons. The van der Waals surface area contributed by atoms with Crippen molar-refractivity contribution in [3.05, 3.63) is 44.5 Å². The maximum Gasteiger partial charge on any atom is 0.270 e. The van der Waals surface area contributed by atoms with E-state index in [9.17, 15) is 14.9 Å². The first-order valence-electron chi connectivity index (χ1n) is 6.32. The van der Waals surface area contributed by atoms with Crippen molar-refractivity contribution in [2.75, 3.05) is 20.3 Å². The number of halogens is 1. The Kier molecular flexibility index (Phi) is 7.02. The van der Waals surface area contributed by atoms with E-state index in [1.54, 1.807) is 13.2 Å². The van der Waals surface area contributed by atoms with E-state index in [1.165, 1.54) is 24.3 Å². The van der Waals surface area contributed by atoms with E-state index in [2.05, 4.69) is 5.32 Å². The van der Waals surface area contributed by atoms with Crippen molar-refractivity contribution in [3.8, 4) is 6.07 Å². The Morgan fingerprint density at radius 1 is 1.59 bits per heavy atom. The average molecular weight is 324 g/mol. The molecule has 0 unspecified atom stereocenters. The lowest BCUT2D eigenvalue weighted by molar-refractivity contribution is -0.384. The molecule has 1 aromatic rings. The van der Waals surface area contributed by atoms with Gasteiger partial charge in [-0.05, 0) is 18.6 Å². The van der Waals surface area contributed by atoms with E-state index in [0.29, 0.717) is 19.6 Å². The van der Waals surface area contributed by atoms with Crippen molar-refractivity contribution in [1.82, 2.24) is 5.32 Å². The first-order chi connectivity index (χ1) is 10.5. The van der Waals surface area contributed by atoms with E-state index >= 15 is 0 Å². The lowest BCUT2D eigenvalue weighted by Gasteiger charge is -2.04. The second-order valence-electron chi connectivity index (χ2n) is 4.23. The van der Waals surface area contributed by atoms with Crippen LogP contribution in [0, 0.1) is 21.4 Å². The highest BCUT2D eigenvalue weighted by molar-refractivity contribution is 6.32. The Bertz CT molecular complexity index is 637. The number of carbonyl (C=O) groups excluding carboxylic acids is 1. The molecule has 0 aliphatic carbocycles. The van der Waals surface area contributed by atoms with Crippen LogP contribution in [0.15, 0.2) is 23.8 Å². The van der Waals surface area contributed by atoms with E-state index < -0.39 is 10.8 Å². The van der Waals surface area contributed by atoms with E-state index in [4.69, 9.17) is 21.6 Å². The molecule has 0 saturated carbocycles. The van der Waals surface area contributed by atoms with Crippen LogP contribution in [0.5, 0.6) is 0 Å². The number of nitriles is 1. The first kappa shape index (κ1) is 17.6. The number of carbonyl (C=O) groups is 1. The van der Waals surface area contributed by atoms with Gasteiger partial charge >= 0.3 is 0 Å². The fourth-order valence-corrected chi connectivity index (χ4v) is 1.75. The molecule has 0 atom stereocenters. The number of benzene rings is 1. The highest BCUT2D eigenvalue weighted by Crippen LogP contribution is 2.24. The van der Waals surface area contributed by atoms with Gasteiger partial charge in [-0.3, -0.25) is 14.9 Å². The number of rotatable bonds is 7. The number of ether oxygens (including phenoxy) is 1. The summed E-state index contributed by atoms with van der Waals surface area (Å²) in [4.78, 5) is 22.0. The zero-order chi connectivity index (χ0) is 16.5. The minimum Gasteiger partial charge on any atom is -0.385 e. The molecule has 7 nitrogen and oxygen atoms in total. The second kappa shape index (κ2) is 8.77. The highest BCUT2D eigenvalue weighted by atomic mass is 35.5. The molecule has 0 aliphatic heterocycles. The maximum atomic E-state index is 11.9. The number of hydrogen-bond acceptors (Lipinski definition) is 5. The van der Waals surface area contributed by atoms with Gasteiger partial charge in [0, 0.05) is 43.0 Å². The molecule has 1 rings (SSSR count). The third-order valence-electron chi connectivity index (χ3n) is 2.67. The summed E-state index contributed by atoms with van der Waals surface area (Å²) >= 11 is 5.93. The molecular weight excluding hydrogens is 310 g/mol. The summed E-state index contributed by atoms with van der Waals surface area (Å²) in [5, 5.41) is 22.6. The van der Waals surface area contributed by atoms with Crippen LogP contribution in [-0.2, 0) is 9.53 Å². The van der Waals surface area contributed by atoms with E-state index in [0.717, 1.165) is 0 Å². The summed E-state index contributed by atoms with van der Waals surface area (Å²) in [7, 11) is 1.55. The van der Waals surface area contributed by atoms with E-state index in [1.807, 2.05) is 0 Å². The van der Waals surface area contributed by atoms with Crippen LogP contribution in [0.4, 0.5) is 5.69 Å². The third kappa shape index (κ3) is 5.16. The lowest BCUT2D eigenvalue weighted by Crippen LogP contribution is -2.26. The predicted molar refractivity (Wildman–Crippen MR) is 81.2 cm³/mol. The summed E-state index contributed by atoms with van der Waals surface area (Å²) in [5.41, 5.74) is -0.118. The van der Waals surface area contributed by atoms with Crippen LogP contribution < -0.4 is 5.32 Å². The van der Waals surface area contributed by atoms with Crippen LogP contribution in [0.3, 0.4) is 0 Å². The van der Waals surface area contributed by atoms with Crippen LogP contribution >= 0.6 is 11.6 Å². The van der Waals surface area contributed by atoms with E-state index in [-0.39, 0.29) is 21.8 Å². The predicted octanol–water partition coefficient (Wildman–Crippen LogP) is 2.31. The SMILES string of the molecule is COCCCNC(=O)/C(C#N)=C/c1cc([N+](=O)[O-])ccc1Cl. The molecule has 0 fully saturated rings. The number of nitro groups is 1. The number of methoxy groups -OCH3 is 1. The average Bonchev–Trinajstić information content (AvgIpc) is 2.50. The largest absolute Gasteiger partial charge is 0.385 e. The molecule has 0 aromatic heterocycles. The Morgan fingerprint density at radius 3 is 2.91 bits per heavy atom. The minimum atomic E-state index is -0.579. The first-order valence-corrected chi connectivity index (χ1v) is 6.70. The number of nitrogens with one attached hydrogen (secondary N) is 1. The molecule has 0 saturated heterocycles. The van der Waals surface area contributed by atoms with Crippen LogP contribution in [0.2, 0.25) is 5.02 Å². The standard InChI is InChI=1S/C14H14ClN3O4/c1-22-6-2-5-17-14(19)11(9-16)7-10-8-12(18(20)21)3-4-13(10)15/h3-4,7-8H,2,5-6H2,1H3,(H,17,19)/b11-7+. The molecule has 1 N–H and O–H groups in total. The van der Waals surface area contributed by atoms with Gasteiger partial charge in [0.05, 0.1) is 4.92 Å². The third-order valence-corrected chi connectivity index (χ3v) is 3.01. The zero-order valence-electron chi connectivity index (χ0n) is 11.8. The summed E-state index contributed by atoms with van der Waals surface area (Å²) in [5.74, 6) is -0.568. The Morgan fingerprint density at radius 2 is 2.32 bits per heavy atom. The van der Waals surface area contributed by atoms with Crippen molar-refractivity contribution in [2.24, 2.45) is 0 Å². The Hall–Kier alpha value is -2.43. The van der Waals surface area contributed by atoms with Gasteiger partial charge < -0.3 is 10.1 Å². The fraction of sp³-hybridized carbons (Fsp3) is 0.286. The van der Waals surface area contributed by atoms with Crippen LogP contribution in [0.25, 0.3) is 6.08 Å². The second-order valence-corrected chi connectivity index (χ2v) is 4.64. The van der Waals surface area contributed by atoms with Crippen molar-refractivity contribution in [1.29, 1.82) is 5.26 Å². The maximum absolute atomic E-state index is 11.9. The van der Waals surface area contributed by atoms with Gasteiger partial charge in [0.1, 0.15) is 11.6 Å². The number of nitro benzene ring substituents is 1. The molecule has 0 aliphatic rings. The number of amides is 1. The topological polar surface area (TPSA) is 105 Å². The van der Waals surface area contributed by atoms with Gasteiger partial charge in [-0.1, -0.05) is 11.6 Å². The van der Waals surface area contributed by atoms with Gasteiger partial charge in [-0.15, -0.1) is 0 Å². The highest BCUT2D eigenvalue weighted by Gasteiger charge is 2.12. The lowest BCUT2D eigenvalue weighted by atomic mass is 10.1. The number of non-ortho nitro benzene ring substituents is 1. The van der Waals surface area contributed by atoms with Gasteiger partial charge in [0.25, 0.3) is 11.6 Å². The number of hydrogen-bond donors (Lipinski definition) is 1. The van der Waals surface area contributed by atoms with Crippen LogP contribution in [0.1, 0.15) is 12.0 Å². The molecule has 1 amide bonds. The smallest absolute Gasteiger partial charge is 0.270 e. The fourth-order valence-electron chi connectivity index (χ4n) is 1.57. The zero-order valence-corrected chi connectivity index (χ0v) is 12.6. The van der Waals surface area contributed by atoms with Crippen molar-refractivity contribution >= 4 is 29.3 Å². The van der Waals surface area contributed by atoms with Crippen molar-refractivity contribution in [2.45, 2.75) is 6.42 Å². The summed E-state index contributed by atoms with van der Waals surface area (Å²) < 4.78 is 4.85. The molecule has 8 heteroatoms. The van der Waals surface area contributed by atoms with Crippen molar-refractivity contribution in [3.63, 3.8) is 0 Å². The molecule has 0 bridgehead atoms. The molecule has 0 radical (unpaired) electrons. The van der Waals surface area contributed by atoms with Crippen LogP contribution in [-0.4, -0.2) is 31.1 Å². The monoisotopic (exact) mass is 323 g/mol. The normalized spacial score (nSPS) is 10.9. The van der Waals surface area contributed by atoms with Gasteiger partial charge in [0.15, 0.2) is 0 Å². The summed E-state index contributed by atoms with van der Waals surface area (Å²) in [6.07, 6.45) is 1.83. The molecule has 22 heavy (non-hydrogen) atoms. The quantitative estimate of drug-likeness (QED) is 0.272. The summed E-state index contributed by atoms with van der Waals surface area (Å²) in [6.45, 7) is 0.844. The Labute approximate surface area is 132 Å². The van der Waals surface area contributed by atoms with Gasteiger partial charge in [-0.25, -0.2) is 0 Å². The Balaban J connectivity index is 2.92. The molecular formula is C14H14ClN3O4. The van der Waals surface area contributed by atoms with Crippen molar-refractivity contribution < 1.29 is 14.5 Å². The molecule has 0 spiro atoms. The van der Waals surface area contributed by atoms with Gasteiger partial charge in [0.2, 0.25) is 0 Å². The van der Waals surface area contributed by atoms with Gasteiger partial charge in [-0.2, -0.15) is 5.26 Å². The minimum absolute atomic E-state index is 0.173. The molecule has 1 aromatic carbocycles.